The Morgan fingerprint density at radius 2 is 2.06 bits per heavy atom. The Morgan fingerprint density at radius 1 is 1.39 bits per heavy atom. The highest BCUT2D eigenvalue weighted by atomic mass is 32.2. The van der Waals surface area contributed by atoms with Crippen LogP contribution in [0.25, 0.3) is 0 Å². The van der Waals surface area contributed by atoms with Crippen LogP contribution >= 0.6 is 11.8 Å². The molecule has 0 fully saturated rings. The lowest BCUT2D eigenvalue weighted by Gasteiger charge is -2.14. The van der Waals surface area contributed by atoms with Gasteiger partial charge in [0.1, 0.15) is 0 Å². The molecule has 5 nitrogen and oxygen atoms in total. The van der Waals surface area contributed by atoms with E-state index in [9.17, 15) is 9.59 Å². The van der Waals surface area contributed by atoms with Crippen molar-refractivity contribution in [1.82, 2.24) is 0 Å². The minimum absolute atomic E-state index is 0.125. The van der Waals surface area contributed by atoms with E-state index < -0.39 is 11.9 Å². The summed E-state index contributed by atoms with van der Waals surface area (Å²) in [5.41, 5.74) is 17.3. The number of nitrogens with two attached hydrogens (primary N) is 3. The predicted molar refractivity (Wildman–Crippen MR) is 74.7 cm³/mol. The molecule has 0 aliphatic rings. The molecule has 1 unspecified atom stereocenters. The summed E-state index contributed by atoms with van der Waals surface area (Å²) in [6, 6.07) is 3.95. The molecule has 1 amide bonds. The van der Waals surface area contributed by atoms with Crippen LogP contribution in [0.5, 0.6) is 0 Å². The summed E-state index contributed by atoms with van der Waals surface area (Å²) in [5.74, 6) is -0.246. The van der Waals surface area contributed by atoms with Gasteiger partial charge in [0.05, 0.1) is 17.2 Å². The third-order valence-electron chi connectivity index (χ3n) is 2.58. The maximum atomic E-state index is 12.2. The second-order valence-corrected chi connectivity index (χ2v) is 4.87. The fourth-order valence-electron chi connectivity index (χ4n) is 1.61. The normalized spacial score (nSPS) is 12.1. The van der Waals surface area contributed by atoms with E-state index in [0.29, 0.717) is 6.42 Å². The van der Waals surface area contributed by atoms with Crippen LogP contribution in [-0.2, 0) is 0 Å². The summed E-state index contributed by atoms with van der Waals surface area (Å²) in [6.07, 6.45) is 2.47. The lowest BCUT2D eigenvalue weighted by atomic mass is 9.96. The minimum atomic E-state index is -0.678. The molecule has 0 bridgehead atoms. The van der Waals surface area contributed by atoms with Gasteiger partial charge in [0.2, 0.25) is 5.91 Å². The van der Waals surface area contributed by atoms with Crippen LogP contribution in [0.1, 0.15) is 27.1 Å². The van der Waals surface area contributed by atoms with Crippen LogP contribution < -0.4 is 17.2 Å². The van der Waals surface area contributed by atoms with Crippen molar-refractivity contribution < 1.29 is 9.59 Å². The Morgan fingerprint density at radius 3 is 2.61 bits per heavy atom. The van der Waals surface area contributed by atoms with Crippen molar-refractivity contribution >= 4 is 29.1 Å². The van der Waals surface area contributed by atoms with Gasteiger partial charge in [-0.1, -0.05) is 6.07 Å². The Kier molecular flexibility index (Phi) is 5.18. The zero-order chi connectivity index (χ0) is 13.7. The topological polar surface area (TPSA) is 112 Å². The largest absolute Gasteiger partial charge is 0.398 e. The summed E-state index contributed by atoms with van der Waals surface area (Å²) >= 11 is 1.60. The third kappa shape index (κ3) is 3.24. The average molecular weight is 267 g/mol. The third-order valence-corrected chi connectivity index (χ3v) is 3.22. The van der Waals surface area contributed by atoms with Gasteiger partial charge in [-0.15, -0.1) is 0 Å². The van der Waals surface area contributed by atoms with Gasteiger partial charge in [-0.25, -0.2) is 0 Å². The average Bonchev–Trinajstić information content (AvgIpc) is 2.34. The molecule has 0 aromatic heterocycles. The first-order valence-electron chi connectivity index (χ1n) is 5.46. The standard InChI is InChI=1S/C12H17N3O2S/c1-18-6-5-9(14)11(16)10-7(12(15)17)3-2-4-8(10)13/h2-4,9H,5-6,13-14H2,1H3,(H2,15,17). The number of amides is 1. The summed E-state index contributed by atoms with van der Waals surface area (Å²) in [5, 5.41) is 0. The van der Waals surface area contributed by atoms with Crippen molar-refractivity contribution in [2.45, 2.75) is 12.5 Å². The van der Waals surface area contributed by atoms with Crippen LogP contribution in [0.15, 0.2) is 18.2 Å². The Balaban J connectivity index is 3.08. The number of hydrogen-bond acceptors (Lipinski definition) is 5. The van der Waals surface area contributed by atoms with E-state index in [2.05, 4.69) is 0 Å². The zero-order valence-electron chi connectivity index (χ0n) is 10.2. The molecule has 0 saturated heterocycles. The molecule has 98 valence electrons. The highest BCUT2D eigenvalue weighted by molar-refractivity contribution is 7.98. The van der Waals surface area contributed by atoms with Crippen LogP contribution in [0.4, 0.5) is 5.69 Å². The van der Waals surface area contributed by atoms with Gasteiger partial charge in [0.25, 0.3) is 0 Å². The first-order valence-corrected chi connectivity index (χ1v) is 6.85. The first-order chi connectivity index (χ1) is 8.49. The number of Topliss-reactive ketones (excluding diaryl/α,β-unsaturated/α-hetero) is 1. The maximum Gasteiger partial charge on any atom is 0.249 e. The van der Waals surface area contributed by atoms with E-state index in [4.69, 9.17) is 17.2 Å². The van der Waals surface area contributed by atoms with E-state index in [-0.39, 0.29) is 22.6 Å². The van der Waals surface area contributed by atoms with E-state index in [1.54, 1.807) is 23.9 Å². The van der Waals surface area contributed by atoms with Crippen LogP contribution in [0.3, 0.4) is 0 Å². The number of ketones is 1. The van der Waals surface area contributed by atoms with Gasteiger partial charge < -0.3 is 17.2 Å². The highest BCUT2D eigenvalue weighted by Crippen LogP contribution is 2.19. The minimum Gasteiger partial charge on any atom is -0.398 e. The molecule has 18 heavy (non-hydrogen) atoms. The molecule has 0 aliphatic carbocycles. The fraction of sp³-hybridized carbons (Fsp3) is 0.333. The van der Waals surface area contributed by atoms with E-state index in [1.165, 1.54) is 6.07 Å². The molecule has 1 atom stereocenters. The van der Waals surface area contributed by atoms with Gasteiger partial charge in [-0.05, 0) is 30.6 Å². The van der Waals surface area contributed by atoms with Crippen molar-refractivity contribution in [3.05, 3.63) is 29.3 Å². The predicted octanol–water partition coefficient (Wildman–Crippen LogP) is 0.631. The molecule has 1 aromatic rings. The van der Waals surface area contributed by atoms with Crippen molar-refractivity contribution in [2.75, 3.05) is 17.7 Å². The van der Waals surface area contributed by atoms with E-state index in [1.807, 2.05) is 6.26 Å². The van der Waals surface area contributed by atoms with Crippen molar-refractivity contribution in [3.63, 3.8) is 0 Å². The molecular formula is C12H17N3O2S. The molecule has 1 rings (SSSR count). The van der Waals surface area contributed by atoms with Crippen LogP contribution in [0.2, 0.25) is 0 Å². The second kappa shape index (κ2) is 6.42. The number of rotatable bonds is 6. The number of benzene rings is 1. The molecule has 0 heterocycles. The second-order valence-electron chi connectivity index (χ2n) is 3.89. The zero-order valence-corrected chi connectivity index (χ0v) is 11.0. The van der Waals surface area contributed by atoms with Crippen LogP contribution in [-0.4, -0.2) is 29.7 Å². The van der Waals surface area contributed by atoms with Gasteiger partial charge in [0.15, 0.2) is 5.78 Å². The lowest BCUT2D eigenvalue weighted by Crippen LogP contribution is -2.33. The number of carbonyl (C=O) groups is 2. The Bertz CT molecular complexity index is 463. The number of primary amides is 1. The number of thioether (sulfide) groups is 1. The molecule has 6 N–H and O–H groups in total. The molecular weight excluding hydrogens is 250 g/mol. The van der Waals surface area contributed by atoms with E-state index in [0.717, 1.165) is 5.75 Å². The van der Waals surface area contributed by atoms with E-state index >= 15 is 0 Å². The Hall–Kier alpha value is -1.53. The summed E-state index contributed by atoms with van der Waals surface area (Å²) in [4.78, 5) is 23.5. The Labute approximate surface area is 110 Å². The van der Waals surface area contributed by atoms with Gasteiger partial charge in [-0.2, -0.15) is 11.8 Å². The van der Waals surface area contributed by atoms with Gasteiger partial charge in [0, 0.05) is 5.69 Å². The van der Waals surface area contributed by atoms with Crippen LogP contribution in [0, 0.1) is 0 Å². The lowest BCUT2D eigenvalue weighted by molar-refractivity contribution is 0.0942. The van der Waals surface area contributed by atoms with Crippen molar-refractivity contribution in [1.29, 1.82) is 0 Å². The monoisotopic (exact) mass is 267 g/mol. The molecule has 0 radical (unpaired) electrons. The maximum absolute atomic E-state index is 12.2. The fourth-order valence-corrected chi connectivity index (χ4v) is 2.10. The number of carbonyl (C=O) groups excluding carboxylic acids is 2. The summed E-state index contributed by atoms with van der Waals surface area (Å²) in [7, 11) is 0. The quantitative estimate of drug-likeness (QED) is 0.517. The molecule has 1 aromatic carbocycles. The van der Waals surface area contributed by atoms with Crippen molar-refractivity contribution in [2.24, 2.45) is 11.5 Å². The highest BCUT2D eigenvalue weighted by Gasteiger charge is 2.22. The van der Waals surface area contributed by atoms with Gasteiger partial charge in [-0.3, -0.25) is 9.59 Å². The van der Waals surface area contributed by atoms with Crippen molar-refractivity contribution in [3.8, 4) is 0 Å². The molecule has 0 saturated carbocycles. The van der Waals surface area contributed by atoms with Gasteiger partial charge >= 0.3 is 0 Å². The summed E-state index contributed by atoms with van der Waals surface area (Å²) in [6.45, 7) is 0. The molecule has 0 spiro atoms. The first kappa shape index (κ1) is 14.5. The summed E-state index contributed by atoms with van der Waals surface area (Å²) < 4.78 is 0. The number of nitrogen functional groups attached to an aromatic ring is 1. The SMILES string of the molecule is CSCCC(N)C(=O)c1c(N)cccc1C(N)=O. The molecule has 6 heteroatoms. The smallest absolute Gasteiger partial charge is 0.249 e. The number of hydrogen-bond donors (Lipinski definition) is 3. The molecule has 0 aliphatic heterocycles. The number of anilines is 1.